The van der Waals surface area contributed by atoms with Gasteiger partial charge in [-0.15, -0.1) is 0 Å². The van der Waals surface area contributed by atoms with Crippen LogP contribution in [0.4, 0.5) is 8.78 Å². The van der Waals surface area contributed by atoms with E-state index in [9.17, 15) is 8.78 Å². The predicted molar refractivity (Wildman–Crippen MR) is 271 cm³/mol. The van der Waals surface area contributed by atoms with Gasteiger partial charge >= 0.3 is 7.12 Å². The predicted octanol–water partition coefficient (Wildman–Crippen LogP) is 15.0. The van der Waals surface area contributed by atoms with E-state index in [1.807, 2.05) is 12.4 Å². The van der Waals surface area contributed by atoms with Gasteiger partial charge in [-0.25, -0.2) is 8.78 Å². The van der Waals surface area contributed by atoms with Gasteiger partial charge in [-0.05, 0) is 156 Å². The van der Waals surface area contributed by atoms with Gasteiger partial charge in [0.15, 0.2) is 0 Å². The van der Waals surface area contributed by atoms with E-state index in [0.717, 1.165) is 106 Å². The number of pyridine rings is 2. The van der Waals surface area contributed by atoms with Crippen molar-refractivity contribution in [1.29, 1.82) is 0 Å². The van der Waals surface area contributed by atoms with E-state index in [0.29, 0.717) is 0 Å². The maximum atomic E-state index is 13.6. The van der Waals surface area contributed by atoms with Crippen LogP contribution in [-0.4, -0.2) is 28.3 Å². The van der Waals surface area contributed by atoms with Crippen LogP contribution in [0.15, 0.2) is 188 Å². The number of hydrogen-bond acceptors (Lipinski definition) is 4. The zero-order chi connectivity index (χ0) is 46.5. The van der Waals surface area contributed by atoms with E-state index in [2.05, 4.69) is 169 Å². The van der Waals surface area contributed by atoms with E-state index in [4.69, 9.17) is 19.3 Å². The van der Waals surface area contributed by atoms with Crippen molar-refractivity contribution in [3.8, 4) is 89.3 Å². The molecule has 0 amide bonds. The van der Waals surface area contributed by atoms with Crippen molar-refractivity contribution in [3.63, 3.8) is 0 Å². The molecule has 7 aromatic carbocycles. The second-order valence-electron chi connectivity index (χ2n) is 18.5. The molecule has 328 valence electrons. The third-order valence-corrected chi connectivity index (χ3v) is 13.5. The molecule has 0 atom stereocenters. The minimum Gasteiger partial charge on any atom is -0.399 e. The Morgan fingerprint density at radius 3 is 1.04 bits per heavy atom. The van der Waals surface area contributed by atoms with Gasteiger partial charge in [-0.2, -0.15) is 0 Å². The zero-order valence-corrected chi connectivity index (χ0v) is 38.4. The number of benzene rings is 7. The highest BCUT2D eigenvalue weighted by molar-refractivity contribution is 6.62. The lowest BCUT2D eigenvalue weighted by atomic mass is 9.75. The summed E-state index contributed by atoms with van der Waals surface area (Å²) in [6, 6.07) is 58.1. The highest BCUT2D eigenvalue weighted by Gasteiger charge is 2.51. The van der Waals surface area contributed by atoms with Gasteiger partial charge in [0.25, 0.3) is 0 Å². The average Bonchev–Trinajstić information content (AvgIpc) is 3.57. The average molecular weight is 879 g/mol. The Bertz CT molecular complexity index is 3060. The largest absolute Gasteiger partial charge is 0.494 e. The number of hydrogen-bond donors (Lipinski definition) is 0. The first-order valence-corrected chi connectivity index (χ1v) is 22.7. The molecule has 0 aliphatic carbocycles. The number of halogens is 2. The third kappa shape index (κ3) is 8.65. The minimum atomic E-state index is -0.572. The van der Waals surface area contributed by atoms with Crippen LogP contribution in [0, 0.1) is 25.5 Å². The first-order valence-electron chi connectivity index (χ1n) is 22.7. The van der Waals surface area contributed by atoms with Crippen molar-refractivity contribution in [2.45, 2.75) is 52.7 Å². The summed E-state index contributed by atoms with van der Waals surface area (Å²) in [5, 5.41) is 0. The lowest BCUT2D eigenvalue weighted by Crippen LogP contribution is -2.41. The number of rotatable bonds is 9. The van der Waals surface area contributed by atoms with E-state index in [1.54, 1.807) is 24.3 Å². The summed E-state index contributed by atoms with van der Waals surface area (Å²) in [4.78, 5) is 9.64. The molecule has 1 saturated heterocycles. The fourth-order valence-corrected chi connectivity index (χ4v) is 8.98. The maximum Gasteiger partial charge on any atom is 0.494 e. The Morgan fingerprint density at radius 1 is 0.373 bits per heavy atom. The summed E-state index contributed by atoms with van der Waals surface area (Å²) in [6.45, 7) is 12.5. The summed E-state index contributed by atoms with van der Waals surface area (Å²) in [5.41, 5.74) is 18.3. The molecule has 1 fully saturated rings. The number of aryl methyl sites for hydroxylation is 2. The quantitative estimate of drug-likeness (QED) is 0.136. The van der Waals surface area contributed by atoms with Gasteiger partial charge in [0.05, 0.1) is 22.6 Å². The molecule has 0 saturated carbocycles. The zero-order valence-electron chi connectivity index (χ0n) is 38.4. The number of aromatic nitrogens is 2. The monoisotopic (exact) mass is 878 g/mol. The van der Waals surface area contributed by atoms with Gasteiger partial charge in [0.2, 0.25) is 0 Å². The summed E-state index contributed by atoms with van der Waals surface area (Å²) in [7, 11) is -0.572. The smallest absolute Gasteiger partial charge is 0.399 e. The van der Waals surface area contributed by atoms with Crippen molar-refractivity contribution in [3.05, 3.63) is 211 Å². The Morgan fingerprint density at radius 2 is 0.687 bits per heavy atom. The summed E-state index contributed by atoms with van der Waals surface area (Å²) >= 11 is 0. The normalized spacial score (nSPS) is 14.1. The van der Waals surface area contributed by atoms with E-state index < -0.39 is 18.3 Å². The van der Waals surface area contributed by atoms with Gasteiger partial charge in [-0.1, -0.05) is 133 Å². The third-order valence-electron chi connectivity index (χ3n) is 13.5. The maximum absolute atomic E-state index is 13.6. The first kappa shape index (κ1) is 43.6. The second kappa shape index (κ2) is 17.5. The topological polar surface area (TPSA) is 44.2 Å². The molecule has 0 radical (unpaired) electrons. The fourth-order valence-electron chi connectivity index (χ4n) is 8.98. The van der Waals surface area contributed by atoms with Crippen LogP contribution in [-0.2, 0) is 9.31 Å². The molecule has 0 spiro atoms. The minimum absolute atomic E-state index is 0.257. The van der Waals surface area contributed by atoms with Crippen molar-refractivity contribution < 1.29 is 18.1 Å². The molecule has 4 nitrogen and oxygen atoms in total. The molecule has 2 aromatic heterocycles. The van der Waals surface area contributed by atoms with Gasteiger partial charge in [0.1, 0.15) is 11.6 Å². The van der Waals surface area contributed by atoms with Crippen LogP contribution >= 0.6 is 0 Å². The fraction of sp³-hybridized carbons (Fsp3) is 0.133. The summed E-state index contributed by atoms with van der Waals surface area (Å²) in [6.07, 6.45) is 3.74. The van der Waals surface area contributed by atoms with Crippen molar-refractivity contribution in [2.24, 2.45) is 0 Å². The van der Waals surface area contributed by atoms with Crippen LogP contribution in [0.3, 0.4) is 0 Å². The Labute approximate surface area is 392 Å². The van der Waals surface area contributed by atoms with Gasteiger partial charge in [0, 0.05) is 34.6 Å². The molecule has 9 aromatic rings. The van der Waals surface area contributed by atoms with Gasteiger partial charge < -0.3 is 9.31 Å². The van der Waals surface area contributed by atoms with Crippen LogP contribution < -0.4 is 5.46 Å². The molecular weight excluding hydrogens is 829 g/mol. The van der Waals surface area contributed by atoms with Crippen LogP contribution in [0.1, 0.15) is 38.8 Å². The Balaban J connectivity index is 1.00. The van der Waals surface area contributed by atoms with E-state index in [1.165, 1.54) is 24.3 Å². The summed E-state index contributed by atoms with van der Waals surface area (Å²) < 4.78 is 40.7. The standard InChI is InChI=1S/C60H49BF2N2O2/c1-38-31-57(64-36-55(38)42-23-27-49(62)28-24-42)44-19-15-40(16-20-44)51-11-7-9-13-53(51)46-33-47(35-48(34-46)61-66-59(3,4)60(5,6)67-61)54-14-10-8-12-52(54)41-17-21-45(22-18-41)58-32-39(2)56(37-65-58)43-25-29-50(63)30-26-43/h7-37H,1-6H3. The van der Waals surface area contributed by atoms with Crippen LogP contribution in [0.25, 0.3) is 89.3 Å². The molecule has 7 heteroatoms. The molecular formula is C60H49BF2N2O2. The lowest BCUT2D eigenvalue weighted by Gasteiger charge is -2.32. The van der Waals surface area contributed by atoms with Crippen LogP contribution in [0.5, 0.6) is 0 Å². The van der Waals surface area contributed by atoms with Gasteiger partial charge in [-0.3, -0.25) is 9.97 Å². The van der Waals surface area contributed by atoms with Crippen molar-refractivity contribution in [1.82, 2.24) is 9.97 Å². The highest BCUT2D eigenvalue weighted by atomic mass is 19.1. The van der Waals surface area contributed by atoms with Crippen molar-refractivity contribution >= 4 is 12.6 Å². The van der Waals surface area contributed by atoms with E-state index >= 15 is 0 Å². The molecule has 10 rings (SSSR count). The molecule has 0 N–H and O–H groups in total. The Hall–Kier alpha value is -7.32. The summed E-state index contributed by atoms with van der Waals surface area (Å²) in [5.74, 6) is -0.514. The first-order chi connectivity index (χ1) is 32.3. The molecule has 0 unspecified atom stereocenters. The second-order valence-corrected chi connectivity index (χ2v) is 18.5. The van der Waals surface area contributed by atoms with E-state index in [-0.39, 0.29) is 11.6 Å². The molecule has 1 aliphatic heterocycles. The molecule has 67 heavy (non-hydrogen) atoms. The highest BCUT2D eigenvalue weighted by Crippen LogP contribution is 2.41. The molecule has 1 aliphatic rings. The SMILES string of the molecule is Cc1cc(-c2ccc(-c3ccccc3-c3cc(B4OC(C)(C)C(C)(C)O4)cc(-c4ccccc4-c4ccc(-c5cc(C)c(-c6ccc(F)cc6)cn5)cc4)c3)cc2)ncc1-c1ccc(F)cc1. The lowest BCUT2D eigenvalue weighted by molar-refractivity contribution is 0.00578. The number of nitrogens with zero attached hydrogens (tertiary/aromatic N) is 2. The molecule has 0 bridgehead atoms. The van der Waals surface area contributed by atoms with Crippen LogP contribution in [0.2, 0.25) is 0 Å². The van der Waals surface area contributed by atoms with Crippen molar-refractivity contribution in [2.75, 3.05) is 0 Å². The Kier molecular flexibility index (Phi) is 11.4. The molecule has 3 heterocycles.